The minimum absolute atomic E-state index is 0.137. The molecule has 0 bridgehead atoms. The topological polar surface area (TPSA) is 79.3 Å². The van der Waals surface area contributed by atoms with Crippen LogP contribution in [0.3, 0.4) is 0 Å². The lowest BCUT2D eigenvalue weighted by atomic mass is 9.88. The zero-order chi connectivity index (χ0) is 23.3. The molecule has 174 valence electrons. The van der Waals surface area contributed by atoms with Gasteiger partial charge in [-0.05, 0) is 83.6 Å². The molecule has 0 atom stereocenters. The van der Waals surface area contributed by atoms with E-state index >= 15 is 0 Å². The van der Waals surface area contributed by atoms with Crippen molar-refractivity contribution in [2.45, 2.75) is 84.6 Å². The number of benzene rings is 1. The highest BCUT2D eigenvalue weighted by Crippen LogP contribution is 2.33. The van der Waals surface area contributed by atoms with Crippen LogP contribution in [0.4, 0.5) is 10.5 Å². The molecule has 0 radical (unpaired) electrons. The Hall–Kier alpha value is -2.28. The van der Waals surface area contributed by atoms with Gasteiger partial charge in [-0.15, -0.1) is 0 Å². The minimum atomic E-state index is -0.506. The molecule has 1 fully saturated rings. The Balaban J connectivity index is 2.17. The predicted molar refractivity (Wildman–Crippen MR) is 122 cm³/mol. The van der Waals surface area contributed by atoms with Crippen molar-refractivity contribution in [1.82, 2.24) is 4.90 Å². The largest absolute Gasteiger partial charge is 0.465 e. The first-order valence-electron chi connectivity index (χ1n) is 11.1. The average molecular weight is 435 g/mol. The van der Waals surface area contributed by atoms with Gasteiger partial charge in [0.15, 0.2) is 0 Å². The number of rotatable bonds is 6. The van der Waals surface area contributed by atoms with Crippen molar-refractivity contribution in [1.29, 1.82) is 0 Å². The fourth-order valence-corrected chi connectivity index (χ4v) is 4.33. The average Bonchev–Trinajstić information content (AvgIpc) is 2.73. The van der Waals surface area contributed by atoms with E-state index in [2.05, 4.69) is 11.8 Å². The highest BCUT2D eigenvalue weighted by atomic mass is 16.6. The molecule has 0 unspecified atom stereocenters. The molecular formula is C24H38N2O5. The van der Waals surface area contributed by atoms with E-state index < -0.39 is 11.6 Å². The number of aliphatic hydroxyl groups excluding tert-OH is 1. The van der Waals surface area contributed by atoms with E-state index in [1.807, 2.05) is 40.8 Å². The van der Waals surface area contributed by atoms with Crippen LogP contribution in [-0.4, -0.2) is 60.5 Å². The molecule has 0 spiro atoms. The van der Waals surface area contributed by atoms with Crippen molar-refractivity contribution in [3.8, 4) is 0 Å². The second kappa shape index (κ2) is 10.4. The quantitative estimate of drug-likeness (QED) is 0.674. The third-order valence-electron chi connectivity index (χ3n) is 6.01. The van der Waals surface area contributed by atoms with Gasteiger partial charge in [0.2, 0.25) is 0 Å². The smallest absolute Gasteiger partial charge is 0.410 e. The van der Waals surface area contributed by atoms with Crippen LogP contribution in [0.1, 0.15) is 74.9 Å². The van der Waals surface area contributed by atoms with E-state index in [9.17, 15) is 14.7 Å². The summed E-state index contributed by atoms with van der Waals surface area (Å²) in [4.78, 5) is 28.7. The summed E-state index contributed by atoms with van der Waals surface area (Å²) < 4.78 is 10.5. The van der Waals surface area contributed by atoms with Gasteiger partial charge in [-0.2, -0.15) is 0 Å². The number of anilines is 1. The first-order chi connectivity index (χ1) is 14.5. The standard InChI is InChI=1S/C24H38N2O5/c1-8-26(21-14-17(15-27)13-20(16(21)2)22(28)30-7)19-11-9-18(10-12-19)25(6)23(29)31-24(3,4)5/h13-14,18-19,27H,8-12,15H2,1-7H3/t18-,19-. The molecule has 7 nitrogen and oxygen atoms in total. The Morgan fingerprint density at radius 3 is 2.19 bits per heavy atom. The number of hydrogen-bond acceptors (Lipinski definition) is 6. The molecule has 31 heavy (non-hydrogen) atoms. The van der Waals surface area contributed by atoms with Crippen LogP contribution in [0.5, 0.6) is 0 Å². The number of carbonyl (C=O) groups excluding carboxylic acids is 2. The van der Waals surface area contributed by atoms with Crippen LogP contribution in [0.2, 0.25) is 0 Å². The summed E-state index contributed by atoms with van der Waals surface area (Å²) in [6, 6.07) is 4.11. The maximum atomic E-state index is 12.4. The third-order valence-corrected chi connectivity index (χ3v) is 6.01. The predicted octanol–water partition coefficient (Wildman–Crippen LogP) is 4.28. The van der Waals surface area contributed by atoms with E-state index in [1.54, 1.807) is 11.0 Å². The van der Waals surface area contributed by atoms with Crippen LogP contribution in [0.15, 0.2) is 12.1 Å². The summed E-state index contributed by atoms with van der Waals surface area (Å²) in [7, 11) is 3.18. The molecule has 2 rings (SSSR count). The lowest BCUT2D eigenvalue weighted by molar-refractivity contribution is 0.0183. The highest BCUT2D eigenvalue weighted by molar-refractivity contribution is 5.93. The number of hydrogen-bond donors (Lipinski definition) is 1. The van der Waals surface area contributed by atoms with Gasteiger partial charge < -0.3 is 24.4 Å². The fraction of sp³-hybridized carbons (Fsp3) is 0.667. The first-order valence-corrected chi connectivity index (χ1v) is 11.1. The van der Waals surface area contributed by atoms with Gasteiger partial charge in [0, 0.05) is 31.4 Å². The lowest BCUT2D eigenvalue weighted by Crippen LogP contribution is -2.46. The molecular weight excluding hydrogens is 396 g/mol. The number of esters is 1. The SMILES string of the molecule is CCN(c1cc(CO)cc(C(=O)OC)c1C)[C@H]1CC[C@H](N(C)C(=O)OC(C)(C)C)CC1. The van der Waals surface area contributed by atoms with Crippen molar-refractivity contribution >= 4 is 17.7 Å². The summed E-state index contributed by atoms with van der Waals surface area (Å²) in [5.74, 6) is -0.396. The molecule has 1 aromatic carbocycles. The maximum absolute atomic E-state index is 12.4. The molecule has 0 heterocycles. The molecule has 1 aromatic rings. The fourth-order valence-electron chi connectivity index (χ4n) is 4.33. The van der Waals surface area contributed by atoms with Gasteiger partial charge in [-0.25, -0.2) is 9.59 Å². The number of carbonyl (C=O) groups is 2. The van der Waals surface area contributed by atoms with Crippen molar-refractivity contribution in [3.63, 3.8) is 0 Å². The monoisotopic (exact) mass is 434 g/mol. The van der Waals surface area contributed by atoms with Crippen LogP contribution in [0, 0.1) is 6.92 Å². The third kappa shape index (κ3) is 6.12. The van der Waals surface area contributed by atoms with Crippen LogP contribution in [0.25, 0.3) is 0 Å². The van der Waals surface area contributed by atoms with Gasteiger partial charge in [-0.3, -0.25) is 0 Å². The lowest BCUT2D eigenvalue weighted by Gasteiger charge is -2.41. The number of nitrogens with zero attached hydrogens (tertiary/aromatic N) is 2. The molecule has 1 amide bonds. The van der Waals surface area contributed by atoms with Gasteiger partial charge in [0.25, 0.3) is 0 Å². The second-order valence-corrected chi connectivity index (χ2v) is 9.28. The zero-order valence-corrected chi connectivity index (χ0v) is 20.0. The number of methoxy groups -OCH3 is 1. The van der Waals surface area contributed by atoms with Crippen molar-refractivity contribution in [3.05, 3.63) is 28.8 Å². The second-order valence-electron chi connectivity index (χ2n) is 9.28. The van der Waals surface area contributed by atoms with Crippen LogP contribution < -0.4 is 4.90 Å². The Labute approximate surface area is 186 Å². The molecule has 1 N–H and O–H groups in total. The molecule has 7 heteroatoms. The van der Waals surface area contributed by atoms with Gasteiger partial charge in [0.1, 0.15) is 5.60 Å². The number of ether oxygens (including phenoxy) is 2. The maximum Gasteiger partial charge on any atom is 0.410 e. The molecule has 1 saturated carbocycles. The minimum Gasteiger partial charge on any atom is -0.465 e. The van der Waals surface area contributed by atoms with Crippen molar-refractivity contribution < 1.29 is 24.2 Å². The molecule has 0 aliphatic heterocycles. The van der Waals surface area contributed by atoms with E-state index in [4.69, 9.17) is 9.47 Å². The van der Waals surface area contributed by atoms with E-state index in [-0.39, 0.29) is 18.7 Å². The van der Waals surface area contributed by atoms with Crippen molar-refractivity contribution in [2.24, 2.45) is 0 Å². The Morgan fingerprint density at radius 1 is 1.13 bits per heavy atom. The summed E-state index contributed by atoms with van der Waals surface area (Å²) in [6.07, 6.45) is 3.36. The Morgan fingerprint density at radius 2 is 1.71 bits per heavy atom. The Kier molecular flexibility index (Phi) is 8.34. The highest BCUT2D eigenvalue weighted by Gasteiger charge is 2.32. The molecule has 1 aliphatic carbocycles. The number of amides is 1. The zero-order valence-electron chi connectivity index (χ0n) is 20.0. The van der Waals surface area contributed by atoms with Gasteiger partial charge in [-0.1, -0.05) is 0 Å². The normalized spacial score (nSPS) is 19.0. The molecule has 0 saturated heterocycles. The summed E-state index contributed by atoms with van der Waals surface area (Å²) in [5.41, 5.74) is 2.49. The van der Waals surface area contributed by atoms with Crippen LogP contribution >= 0.6 is 0 Å². The van der Waals surface area contributed by atoms with Crippen molar-refractivity contribution in [2.75, 3.05) is 25.6 Å². The first kappa shape index (κ1) is 25.0. The van der Waals surface area contributed by atoms with E-state index in [0.717, 1.165) is 43.5 Å². The van der Waals surface area contributed by atoms with Crippen LogP contribution in [-0.2, 0) is 16.1 Å². The van der Waals surface area contributed by atoms with E-state index in [1.165, 1.54) is 7.11 Å². The summed E-state index contributed by atoms with van der Waals surface area (Å²) in [6.45, 7) is 10.3. The number of aliphatic hydroxyl groups is 1. The molecule has 1 aliphatic rings. The summed E-state index contributed by atoms with van der Waals surface area (Å²) >= 11 is 0. The Bertz CT molecular complexity index is 779. The molecule has 0 aromatic heterocycles. The van der Waals surface area contributed by atoms with E-state index in [0.29, 0.717) is 17.2 Å². The van der Waals surface area contributed by atoms with Gasteiger partial charge >= 0.3 is 12.1 Å². The summed E-state index contributed by atoms with van der Waals surface area (Å²) in [5, 5.41) is 9.71. The van der Waals surface area contributed by atoms with Gasteiger partial charge in [0.05, 0.1) is 19.3 Å².